The molecule has 0 saturated heterocycles. The Kier molecular flexibility index (Phi) is 4.91. The van der Waals surface area contributed by atoms with Crippen molar-refractivity contribution < 1.29 is 9.90 Å². The lowest BCUT2D eigenvalue weighted by atomic mass is 10.2. The van der Waals surface area contributed by atoms with Gasteiger partial charge in [-0.15, -0.1) is 0 Å². The van der Waals surface area contributed by atoms with Crippen LogP contribution < -0.4 is 0 Å². The first-order chi connectivity index (χ1) is 9.49. The van der Waals surface area contributed by atoms with E-state index in [1.165, 1.54) is 11.8 Å². The number of nitrogens with zero attached hydrogens (tertiary/aromatic N) is 1. The quantitative estimate of drug-likeness (QED) is 0.876. The fourth-order valence-electron chi connectivity index (χ4n) is 1.58. The molecule has 3 nitrogen and oxygen atoms in total. The SMILES string of the molecule is CCc1cc(C(=O)O)cc(Sc2ccc(Cl)c(Cl)c2)n1. The van der Waals surface area contributed by atoms with Crippen LogP contribution in [0.3, 0.4) is 0 Å². The number of aryl methyl sites for hydroxylation is 1. The number of aromatic carboxylic acids is 1. The van der Waals surface area contributed by atoms with E-state index in [1.54, 1.807) is 24.3 Å². The van der Waals surface area contributed by atoms with Gasteiger partial charge in [0, 0.05) is 10.6 Å². The minimum atomic E-state index is -0.960. The average molecular weight is 328 g/mol. The third-order valence-corrected chi connectivity index (χ3v) is 4.22. The molecule has 1 aromatic heterocycles. The van der Waals surface area contributed by atoms with Crippen LogP contribution in [0.5, 0.6) is 0 Å². The number of hydrogen-bond acceptors (Lipinski definition) is 3. The molecule has 0 atom stereocenters. The van der Waals surface area contributed by atoms with Crippen molar-refractivity contribution >= 4 is 40.9 Å². The summed E-state index contributed by atoms with van der Waals surface area (Å²) in [7, 11) is 0. The van der Waals surface area contributed by atoms with Crippen molar-refractivity contribution in [2.24, 2.45) is 0 Å². The molecule has 0 amide bonds. The van der Waals surface area contributed by atoms with Crippen LogP contribution in [0.1, 0.15) is 23.0 Å². The summed E-state index contributed by atoms with van der Waals surface area (Å²) < 4.78 is 0. The molecule has 1 heterocycles. The van der Waals surface area contributed by atoms with Gasteiger partial charge in [0.05, 0.1) is 15.6 Å². The normalized spacial score (nSPS) is 10.6. The highest BCUT2D eigenvalue weighted by Gasteiger charge is 2.09. The number of benzene rings is 1. The Morgan fingerprint density at radius 1 is 1.25 bits per heavy atom. The molecule has 0 aliphatic heterocycles. The fourth-order valence-corrected chi connectivity index (χ4v) is 2.84. The molecular weight excluding hydrogens is 317 g/mol. The van der Waals surface area contributed by atoms with Crippen LogP contribution in [0.15, 0.2) is 40.3 Å². The molecule has 0 radical (unpaired) electrons. The van der Waals surface area contributed by atoms with E-state index in [-0.39, 0.29) is 5.56 Å². The third kappa shape index (κ3) is 3.66. The first-order valence-corrected chi connectivity index (χ1v) is 7.44. The lowest BCUT2D eigenvalue weighted by Gasteiger charge is -2.06. The average Bonchev–Trinajstić information content (AvgIpc) is 2.42. The molecule has 0 fully saturated rings. The van der Waals surface area contributed by atoms with Gasteiger partial charge in [0.2, 0.25) is 0 Å². The summed E-state index contributed by atoms with van der Waals surface area (Å²) in [5.74, 6) is -0.960. The maximum absolute atomic E-state index is 11.1. The van der Waals surface area contributed by atoms with Gasteiger partial charge in [0.1, 0.15) is 5.03 Å². The summed E-state index contributed by atoms with van der Waals surface area (Å²) in [4.78, 5) is 16.4. The fraction of sp³-hybridized carbons (Fsp3) is 0.143. The minimum absolute atomic E-state index is 0.236. The number of carbonyl (C=O) groups is 1. The van der Waals surface area contributed by atoms with Gasteiger partial charge in [-0.2, -0.15) is 0 Å². The Hall–Kier alpha value is -1.23. The number of aromatic nitrogens is 1. The zero-order valence-electron chi connectivity index (χ0n) is 10.6. The molecule has 0 spiro atoms. The monoisotopic (exact) mass is 327 g/mol. The second kappa shape index (κ2) is 6.48. The summed E-state index contributed by atoms with van der Waals surface area (Å²) in [5.41, 5.74) is 0.979. The van der Waals surface area contributed by atoms with Gasteiger partial charge in [-0.1, -0.05) is 41.9 Å². The number of carboxylic acids is 1. The topological polar surface area (TPSA) is 50.2 Å². The predicted molar refractivity (Wildman–Crippen MR) is 81.2 cm³/mol. The second-order valence-electron chi connectivity index (χ2n) is 4.02. The van der Waals surface area contributed by atoms with E-state index in [1.807, 2.05) is 13.0 Å². The van der Waals surface area contributed by atoms with E-state index in [0.29, 0.717) is 21.5 Å². The maximum atomic E-state index is 11.1. The van der Waals surface area contributed by atoms with Crippen LogP contribution in [0.4, 0.5) is 0 Å². The van der Waals surface area contributed by atoms with E-state index >= 15 is 0 Å². The Morgan fingerprint density at radius 3 is 2.60 bits per heavy atom. The first kappa shape index (κ1) is 15.2. The summed E-state index contributed by atoms with van der Waals surface area (Å²) in [6.45, 7) is 1.93. The number of halogens is 2. The predicted octanol–water partition coefficient (Wildman–Crippen LogP) is 4.80. The third-order valence-electron chi connectivity index (χ3n) is 2.58. The van der Waals surface area contributed by atoms with Crippen LogP contribution in [0.25, 0.3) is 0 Å². The Bertz CT molecular complexity index is 662. The van der Waals surface area contributed by atoms with Crippen LogP contribution in [0.2, 0.25) is 10.0 Å². The van der Waals surface area contributed by atoms with E-state index in [2.05, 4.69) is 4.98 Å². The van der Waals surface area contributed by atoms with Crippen LogP contribution >= 0.6 is 35.0 Å². The number of carboxylic acid groups (broad SMARTS) is 1. The van der Waals surface area contributed by atoms with Crippen molar-refractivity contribution in [1.82, 2.24) is 4.98 Å². The van der Waals surface area contributed by atoms with E-state index in [4.69, 9.17) is 28.3 Å². The summed E-state index contributed by atoms with van der Waals surface area (Å²) in [6.07, 6.45) is 0.677. The van der Waals surface area contributed by atoms with Crippen molar-refractivity contribution in [2.75, 3.05) is 0 Å². The van der Waals surface area contributed by atoms with Crippen molar-refractivity contribution in [3.63, 3.8) is 0 Å². The van der Waals surface area contributed by atoms with E-state index < -0.39 is 5.97 Å². The van der Waals surface area contributed by atoms with Gasteiger partial charge < -0.3 is 5.11 Å². The molecule has 1 aromatic carbocycles. The highest BCUT2D eigenvalue weighted by molar-refractivity contribution is 7.99. The van der Waals surface area contributed by atoms with E-state index in [9.17, 15) is 4.79 Å². The molecule has 20 heavy (non-hydrogen) atoms. The summed E-state index contributed by atoms with van der Waals surface area (Å²) in [5, 5.41) is 10.7. The van der Waals surface area contributed by atoms with Crippen molar-refractivity contribution in [3.05, 3.63) is 51.6 Å². The van der Waals surface area contributed by atoms with Gasteiger partial charge in [0.25, 0.3) is 0 Å². The molecule has 0 unspecified atom stereocenters. The Morgan fingerprint density at radius 2 is 2.00 bits per heavy atom. The number of pyridine rings is 1. The lowest BCUT2D eigenvalue weighted by Crippen LogP contribution is -2.00. The molecule has 104 valence electrons. The van der Waals surface area contributed by atoms with Crippen molar-refractivity contribution in [2.45, 2.75) is 23.3 Å². The zero-order chi connectivity index (χ0) is 14.7. The Balaban J connectivity index is 2.34. The lowest BCUT2D eigenvalue weighted by molar-refractivity contribution is 0.0696. The second-order valence-corrected chi connectivity index (χ2v) is 5.93. The number of rotatable bonds is 4. The maximum Gasteiger partial charge on any atom is 0.335 e. The zero-order valence-corrected chi connectivity index (χ0v) is 12.9. The smallest absolute Gasteiger partial charge is 0.335 e. The van der Waals surface area contributed by atoms with Gasteiger partial charge in [-0.05, 0) is 36.8 Å². The van der Waals surface area contributed by atoms with Crippen LogP contribution in [-0.2, 0) is 6.42 Å². The molecule has 0 aliphatic rings. The van der Waals surface area contributed by atoms with Gasteiger partial charge >= 0.3 is 5.97 Å². The van der Waals surface area contributed by atoms with E-state index in [0.717, 1.165) is 10.6 Å². The molecule has 2 rings (SSSR count). The highest BCUT2D eigenvalue weighted by atomic mass is 35.5. The molecule has 0 aliphatic carbocycles. The minimum Gasteiger partial charge on any atom is -0.478 e. The number of hydrogen-bond donors (Lipinski definition) is 1. The summed E-state index contributed by atoms with van der Waals surface area (Å²) in [6, 6.07) is 8.39. The highest BCUT2D eigenvalue weighted by Crippen LogP contribution is 2.32. The largest absolute Gasteiger partial charge is 0.478 e. The first-order valence-electron chi connectivity index (χ1n) is 5.86. The molecule has 6 heteroatoms. The van der Waals surface area contributed by atoms with Gasteiger partial charge in [-0.3, -0.25) is 0 Å². The molecule has 0 bridgehead atoms. The van der Waals surface area contributed by atoms with Gasteiger partial charge in [-0.25, -0.2) is 9.78 Å². The Labute approximate surface area is 130 Å². The summed E-state index contributed by atoms with van der Waals surface area (Å²) >= 11 is 13.2. The standard InChI is InChI=1S/C14H11Cl2NO2S/c1-2-9-5-8(14(18)19)6-13(17-9)20-10-3-4-11(15)12(16)7-10/h3-7H,2H2,1H3,(H,18,19). The van der Waals surface area contributed by atoms with Crippen molar-refractivity contribution in [1.29, 1.82) is 0 Å². The molecule has 2 aromatic rings. The molecule has 0 saturated carbocycles. The van der Waals surface area contributed by atoms with Crippen LogP contribution in [-0.4, -0.2) is 16.1 Å². The molecule has 1 N–H and O–H groups in total. The molecular formula is C14H11Cl2NO2S. The van der Waals surface area contributed by atoms with Gasteiger partial charge in [0.15, 0.2) is 0 Å². The van der Waals surface area contributed by atoms with Crippen LogP contribution in [0, 0.1) is 0 Å². The van der Waals surface area contributed by atoms with Crippen molar-refractivity contribution in [3.8, 4) is 0 Å².